The molecule has 3 aromatic carbocycles. The van der Waals surface area contributed by atoms with Crippen molar-refractivity contribution < 1.29 is 22.7 Å². The van der Waals surface area contributed by atoms with E-state index >= 15 is 0 Å². The van der Waals surface area contributed by atoms with Crippen LogP contribution in [0, 0.1) is 13.8 Å². The van der Waals surface area contributed by atoms with Gasteiger partial charge in [-0.1, -0.05) is 12.1 Å². The number of nitrogens with zero attached hydrogens (tertiary/aromatic N) is 2. The molecule has 0 fully saturated rings. The summed E-state index contributed by atoms with van der Waals surface area (Å²) in [5, 5.41) is 5.72. The summed E-state index contributed by atoms with van der Waals surface area (Å²) >= 11 is 0. The van der Waals surface area contributed by atoms with Gasteiger partial charge in [-0.2, -0.15) is 0 Å². The van der Waals surface area contributed by atoms with Crippen LogP contribution in [0.2, 0.25) is 0 Å². The van der Waals surface area contributed by atoms with Gasteiger partial charge < -0.3 is 15.4 Å². The maximum atomic E-state index is 13.0. The van der Waals surface area contributed by atoms with Crippen molar-refractivity contribution in [1.29, 1.82) is 0 Å². The molecule has 0 aliphatic heterocycles. The quantitative estimate of drug-likeness (QED) is 0.412. The zero-order chi connectivity index (χ0) is 24.5. The van der Waals surface area contributed by atoms with Gasteiger partial charge in [-0.05, 0) is 74.0 Å². The number of fused-ring (bicyclic) bond motifs is 1. The molecular weight excluding hydrogens is 449 g/mol. The zero-order valence-corrected chi connectivity index (χ0v) is 18.1. The van der Waals surface area contributed by atoms with Gasteiger partial charge in [0, 0.05) is 11.4 Å². The molecule has 0 saturated carbocycles. The van der Waals surface area contributed by atoms with Crippen molar-refractivity contribution in [3.05, 3.63) is 88.5 Å². The molecule has 1 heterocycles. The molecule has 0 aliphatic rings. The maximum Gasteiger partial charge on any atom is 0.573 e. The molecule has 0 atom stereocenters. The predicted octanol–water partition coefficient (Wildman–Crippen LogP) is 5.55. The SMILES string of the molecule is Cc1cc(-n2c(C)nc3ccccc3c2=O)ccc1NC(=O)Nc1ccc(OC(F)(F)F)cc1. The van der Waals surface area contributed by atoms with Crippen LogP contribution in [0.15, 0.2) is 71.5 Å². The van der Waals surface area contributed by atoms with E-state index in [1.54, 1.807) is 50.2 Å². The fraction of sp³-hybridized carbons (Fsp3) is 0.125. The Hall–Kier alpha value is -4.34. The Morgan fingerprint density at radius 2 is 1.68 bits per heavy atom. The number of para-hydroxylation sites is 1. The molecule has 0 spiro atoms. The highest BCUT2D eigenvalue weighted by molar-refractivity contribution is 6.00. The van der Waals surface area contributed by atoms with Gasteiger partial charge in [-0.3, -0.25) is 9.36 Å². The minimum Gasteiger partial charge on any atom is -0.406 e. The van der Waals surface area contributed by atoms with E-state index in [0.717, 1.165) is 12.1 Å². The first-order valence-corrected chi connectivity index (χ1v) is 10.1. The summed E-state index contributed by atoms with van der Waals surface area (Å²) in [4.78, 5) is 29.9. The van der Waals surface area contributed by atoms with Crippen LogP contribution in [0.25, 0.3) is 16.6 Å². The van der Waals surface area contributed by atoms with E-state index in [4.69, 9.17) is 0 Å². The molecule has 0 aliphatic carbocycles. The minimum absolute atomic E-state index is 0.195. The molecule has 4 aromatic rings. The van der Waals surface area contributed by atoms with Crippen molar-refractivity contribution >= 4 is 28.3 Å². The number of aromatic nitrogens is 2. The number of benzene rings is 3. The van der Waals surface area contributed by atoms with Crippen LogP contribution in [0.5, 0.6) is 5.75 Å². The molecule has 1 aromatic heterocycles. The van der Waals surface area contributed by atoms with Crippen LogP contribution in [0.1, 0.15) is 11.4 Å². The molecule has 34 heavy (non-hydrogen) atoms. The molecule has 2 amide bonds. The molecule has 2 N–H and O–H groups in total. The Morgan fingerprint density at radius 3 is 2.35 bits per heavy atom. The predicted molar refractivity (Wildman–Crippen MR) is 123 cm³/mol. The number of ether oxygens (including phenoxy) is 1. The average molecular weight is 468 g/mol. The van der Waals surface area contributed by atoms with Gasteiger partial charge in [0.05, 0.1) is 16.6 Å². The number of alkyl halides is 3. The highest BCUT2D eigenvalue weighted by Gasteiger charge is 2.31. The number of anilines is 2. The van der Waals surface area contributed by atoms with Gasteiger partial charge in [0.2, 0.25) is 0 Å². The molecule has 0 radical (unpaired) electrons. The summed E-state index contributed by atoms with van der Waals surface area (Å²) in [6, 6.07) is 16.4. The second kappa shape index (κ2) is 8.89. The number of carbonyl (C=O) groups is 1. The molecular formula is C24H19F3N4O3. The van der Waals surface area contributed by atoms with Crippen molar-refractivity contribution in [2.75, 3.05) is 10.6 Å². The minimum atomic E-state index is -4.79. The lowest BCUT2D eigenvalue weighted by molar-refractivity contribution is -0.274. The van der Waals surface area contributed by atoms with E-state index in [0.29, 0.717) is 33.7 Å². The van der Waals surface area contributed by atoms with Gasteiger partial charge in [-0.25, -0.2) is 9.78 Å². The number of amides is 2. The highest BCUT2D eigenvalue weighted by Crippen LogP contribution is 2.24. The van der Waals surface area contributed by atoms with Gasteiger partial charge in [0.1, 0.15) is 11.6 Å². The Bertz CT molecular complexity index is 1430. The number of hydrogen-bond acceptors (Lipinski definition) is 4. The Kier molecular flexibility index (Phi) is 5.97. The number of nitrogens with one attached hydrogen (secondary N) is 2. The zero-order valence-electron chi connectivity index (χ0n) is 18.1. The smallest absolute Gasteiger partial charge is 0.406 e. The molecule has 0 bridgehead atoms. The number of carbonyl (C=O) groups excluding carboxylic acids is 1. The summed E-state index contributed by atoms with van der Waals surface area (Å²) in [6.45, 7) is 3.52. The average Bonchev–Trinajstić information content (AvgIpc) is 2.76. The fourth-order valence-corrected chi connectivity index (χ4v) is 3.50. The molecule has 0 unspecified atom stereocenters. The number of hydrogen-bond donors (Lipinski definition) is 2. The maximum absolute atomic E-state index is 13.0. The van der Waals surface area contributed by atoms with E-state index in [1.807, 2.05) is 6.07 Å². The lowest BCUT2D eigenvalue weighted by Gasteiger charge is -2.14. The van der Waals surface area contributed by atoms with Gasteiger partial charge in [-0.15, -0.1) is 13.2 Å². The van der Waals surface area contributed by atoms with Crippen LogP contribution in [-0.4, -0.2) is 21.9 Å². The van der Waals surface area contributed by atoms with Crippen LogP contribution in [0.4, 0.5) is 29.3 Å². The third-order valence-corrected chi connectivity index (χ3v) is 5.01. The summed E-state index contributed by atoms with van der Waals surface area (Å²) in [5.74, 6) is 0.137. The van der Waals surface area contributed by atoms with Crippen molar-refractivity contribution in [2.45, 2.75) is 20.2 Å². The highest BCUT2D eigenvalue weighted by atomic mass is 19.4. The summed E-state index contributed by atoms with van der Waals surface area (Å²) in [5.41, 5.74) is 2.50. The second-order valence-electron chi connectivity index (χ2n) is 7.47. The summed E-state index contributed by atoms with van der Waals surface area (Å²) in [7, 11) is 0. The molecule has 7 nitrogen and oxygen atoms in total. The number of aryl methyl sites for hydroxylation is 2. The van der Waals surface area contributed by atoms with E-state index in [-0.39, 0.29) is 11.2 Å². The van der Waals surface area contributed by atoms with E-state index in [1.165, 1.54) is 16.7 Å². The topological polar surface area (TPSA) is 85.2 Å². The summed E-state index contributed by atoms with van der Waals surface area (Å²) < 4.78 is 42.1. The van der Waals surface area contributed by atoms with Gasteiger partial charge in [0.25, 0.3) is 5.56 Å². The van der Waals surface area contributed by atoms with E-state index in [2.05, 4.69) is 20.4 Å². The third kappa shape index (κ3) is 5.01. The Morgan fingerprint density at radius 1 is 0.971 bits per heavy atom. The first-order chi connectivity index (χ1) is 16.1. The third-order valence-electron chi connectivity index (χ3n) is 5.01. The lowest BCUT2D eigenvalue weighted by Crippen LogP contribution is -2.23. The lowest BCUT2D eigenvalue weighted by atomic mass is 10.1. The van der Waals surface area contributed by atoms with E-state index in [9.17, 15) is 22.8 Å². The van der Waals surface area contributed by atoms with Crippen LogP contribution in [0.3, 0.4) is 0 Å². The largest absolute Gasteiger partial charge is 0.573 e. The van der Waals surface area contributed by atoms with Gasteiger partial charge in [0.15, 0.2) is 0 Å². The number of halogens is 3. The van der Waals surface area contributed by atoms with Crippen LogP contribution >= 0.6 is 0 Å². The van der Waals surface area contributed by atoms with Crippen LogP contribution in [-0.2, 0) is 0 Å². The molecule has 0 saturated heterocycles. The number of rotatable bonds is 4. The first-order valence-electron chi connectivity index (χ1n) is 10.1. The summed E-state index contributed by atoms with van der Waals surface area (Å²) in [6.07, 6.45) is -4.79. The van der Waals surface area contributed by atoms with Crippen molar-refractivity contribution in [3.8, 4) is 11.4 Å². The van der Waals surface area contributed by atoms with E-state index < -0.39 is 18.1 Å². The second-order valence-corrected chi connectivity index (χ2v) is 7.47. The van der Waals surface area contributed by atoms with Crippen molar-refractivity contribution in [3.63, 3.8) is 0 Å². The monoisotopic (exact) mass is 468 g/mol. The normalized spacial score (nSPS) is 11.3. The van der Waals surface area contributed by atoms with Crippen molar-refractivity contribution in [2.24, 2.45) is 0 Å². The van der Waals surface area contributed by atoms with Crippen molar-refractivity contribution in [1.82, 2.24) is 9.55 Å². The molecule has 174 valence electrons. The fourth-order valence-electron chi connectivity index (χ4n) is 3.50. The number of urea groups is 1. The molecule has 10 heteroatoms. The van der Waals surface area contributed by atoms with Crippen LogP contribution < -0.4 is 20.9 Å². The molecule has 4 rings (SSSR count). The Labute approximate surface area is 191 Å². The van der Waals surface area contributed by atoms with Gasteiger partial charge >= 0.3 is 12.4 Å². The first kappa shape index (κ1) is 22.8. The Balaban J connectivity index is 1.50. The standard InChI is InChI=1S/C24H19F3N4O3/c1-14-13-17(31-15(2)28-21-6-4-3-5-19(21)22(31)32)9-12-20(14)30-23(33)29-16-7-10-18(11-8-16)34-24(25,26)27/h3-13H,1-2H3,(H2,29,30,33).